The van der Waals surface area contributed by atoms with E-state index in [1.807, 2.05) is 18.2 Å². The molecule has 5 heteroatoms. The maximum Gasteiger partial charge on any atom is 0.227 e. The molecule has 1 fully saturated rings. The highest BCUT2D eigenvalue weighted by atomic mass is 16.1. The zero-order valence-corrected chi connectivity index (χ0v) is 10.7. The van der Waals surface area contributed by atoms with E-state index in [1.165, 1.54) is 0 Å². The van der Waals surface area contributed by atoms with Crippen molar-refractivity contribution in [2.45, 2.75) is 31.7 Å². The number of aromatic amines is 1. The topological polar surface area (TPSA) is 83.8 Å². The number of nitrogens with one attached hydrogen (secondary N) is 2. The van der Waals surface area contributed by atoms with Gasteiger partial charge in [0.1, 0.15) is 0 Å². The van der Waals surface area contributed by atoms with Crippen LogP contribution in [0.4, 0.5) is 5.69 Å². The Kier molecular flexibility index (Phi) is 3.21. The number of nitrogens with zero attached hydrogens (tertiary/aromatic N) is 1. The number of carbonyl (C=O) groups is 1. The minimum Gasteiger partial charge on any atom is -0.328 e. The average Bonchev–Trinajstić information content (AvgIpc) is 2.89. The van der Waals surface area contributed by atoms with Gasteiger partial charge < -0.3 is 11.1 Å². The maximum absolute atomic E-state index is 12.3. The summed E-state index contributed by atoms with van der Waals surface area (Å²) in [6.07, 6.45) is 5.38. The van der Waals surface area contributed by atoms with Crippen LogP contribution in [0.25, 0.3) is 10.9 Å². The predicted octanol–water partition coefficient (Wildman–Crippen LogP) is 2.02. The van der Waals surface area contributed by atoms with E-state index in [1.54, 1.807) is 6.20 Å². The van der Waals surface area contributed by atoms with Crippen LogP contribution in [0.5, 0.6) is 0 Å². The molecule has 100 valence electrons. The number of carbonyl (C=O) groups excluding carboxylic acids is 1. The lowest BCUT2D eigenvalue weighted by Crippen LogP contribution is -2.32. The molecule has 0 aliphatic heterocycles. The van der Waals surface area contributed by atoms with Crippen molar-refractivity contribution >= 4 is 22.5 Å². The summed E-state index contributed by atoms with van der Waals surface area (Å²) in [4.78, 5) is 12.3. The number of aromatic nitrogens is 2. The van der Waals surface area contributed by atoms with Crippen LogP contribution in [0.15, 0.2) is 24.4 Å². The molecule has 0 bridgehead atoms. The van der Waals surface area contributed by atoms with Gasteiger partial charge >= 0.3 is 0 Å². The zero-order chi connectivity index (χ0) is 13.2. The number of rotatable bonds is 2. The fraction of sp³-hybridized carbons (Fsp3) is 0.429. The molecule has 0 radical (unpaired) electrons. The Hall–Kier alpha value is -1.88. The van der Waals surface area contributed by atoms with Gasteiger partial charge in [0, 0.05) is 17.3 Å². The Morgan fingerprint density at radius 3 is 2.89 bits per heavy atom. The number of H-pyrrole nitrogens is 1. The molecule has 0 spiro atoms. The van der Waals surface area contributed by atoms with Gasteiger partial charge in [-0.15, -0.1) is 0 Å². The summed E-state index contributed by atoms with van der Waals surface area (Å²) in [5.41, 5.74) is 7.62. The minimum atomic E-state index is 0.0851. The Balaban J connectivity index is 1.74. The van der Waals surface area contributed by atoms with Gasteiger partial charge in [-0.05, 0) is 37.8 Å². The molecule has 0 atom stereocenters. The van der Waals surface area contributed by atoms with Gasteiger partial charge in [0.15, 0.2) is 0 Å². The summed E-state index contributed by atoms with van der Waals surface area (Å²) >= 11 is 0. The van der Waals surface area contributed by atoms with E-state index >= 15 is 0 Å². The standard InChI is InChI=1S/C14H18N4O/c15-10-6-4-9(5-7-10)14(19)17-12-2-1-3-13-11(12)8-16-18-13/h1-3,8-10H,4-7,15H2,(H,16,18)(H,17,19). The normalized spacial score (nSPS) is 23.4. The van der Waals surface area contributed by atoms with Crippen molar-refractivity contribution in [1.29, 1.82) is 0 Å². The van der Waals surface area contributed by atoms with Gasteiger partial charge in [-0.25, -0.2) is 0 Å². The van der Waals surface area contributed by atoms with Crippen LogP contribution < -0.4 is 11.1 Å². The minimum absolute atomic E-state index is 0.0851. The molecule has 0 saturated heterocycles. The maximum atomic E-state index is 12.3. The highest BCUT2D eigenvalue weighted by Gasteiger charge is 2.24. The number of hydrogen-bond acceptors (Lipinski definition) is 3. The third kappa shape index (κ3) is 2.46. The van der Waals surface area contributed by atoms with Crippen LogP contribution in [-0.2, 0) is 4.79 Å². The molecule has 1 aliphatic carbocycles. The highest BCUT2D eigenvalue weighted by molar-refractivity contribution is 6.01. The van der Waals surface area contributed by atoms with Crippen LogP contribution in [0.1, 0.15) is 25.7 Å². The predicted molar refractivity (Wildman–Crippen MR) is 74.7 cm³/mol. The first-order chi connectivity index (χ1) is 9.24. The monoisotopic (exact) mass is 258 g/mol. The first-order valence-corrected chi connectivity index (χ1v) is 6.72. The van der Waals surface area contributed by atoms with Gasteiger partial charge in [0.05, 0.1) is 17.4 Å². The summed E-state index contributed by atoms with van der Waals surface area (Å²) in [7, 11) is 0. The number of benzene rings is 1. The van der Waals surface area contributed by atoms with Crippen molar-refractivity contribution in [2.24, 2.45) is 11.7 Å². The van der Waals surface area contributed by atoms with Crippen LogP contribution in [0, 0.1) is 5.92 Å². The number of nitrogens with two attached hydrogens (primary N) is 1. The second-order valence-corrected chi connectivity index (χ2v) is 5.24. The Labute approximate surface area is 111 Å². The van der Waals surface area contributed by atoms with Crippen molar-refractivity contribution in [3.8, 4) is 0 Å². The Morgan fingerprint density at radius 1 is 1.32 bits per heavy atom. The van der Waals surface area contributed by atoms with Gasteiger partial charge in [0.25, 0.3) is 0 Å². The second kappa shape index (κ2) is 5.01. The smallest absolute Gasteiger partial charge is 0.227 e. The molecule has 1 heterocycles. The van der Waals surface area contributed by atoms with E-state index in [0.29, 0.717) is 0 Å². The van der Waals surface area contributed by atoms with Crippen molar-refractivity contribution in [3.63, 3.8) is 0 Å². The lowest BCUT2D eigenvalue weighted by Gasteiger charge is -2.25. The Morgan fingerprint density at radius 2 is 2.11 bits per heavy atom. The zero-order valence-electron chi connectivity index (χ0n) is 10.7. The average molecular weight is 258 g/mol. The van der Waals surface area contributed by atoms with E-state index in [4.69, 9.17) is 5.73 Å². The molecular formula is C14H18N4O. The number of hydrogen-bond donors (Lipinski definition) is 3. The molecule has 5 nitrogen and oxygen atoms in total. The van der Waals surface area contributed by atoms with E-state index in [0.717, 1.165) is 42.3 Å². The SMILES string of the molecule is NC1CCC(C(=O)Nc2cccc3[nH]ncc23)CC1. The summed E-state index contributed by atoms with van der Waals surface area (Å²) in [6.45, 7) is 0. The van der Waals surface area contributed by atoms with Gasteiger partial charge in [0.2, 0.25) is 5.91 Å². The quantitative estimate of drug-likeness (QED) is 0.770. The molecule has 3 rings (SSSR count). The molecule has 0 unspecified atom stereocenters. The third-order valence-electron chi connectivity index (χ3n) is 3.89. The lowest BCUT2D eigenvalue weighted by molar-refractivity contribution is -0.120. The molecule has 1 aromatic carbocycles. The third-order valence-corrected chi connectivity index (χ3v) is 3.89. The van der Waals surface area contributed by atoms with Crippen LogP contribution in [0.3, 0.4) is 0 Å². The van der Waals surface area contributed by atoms with E-state index < -0.39 is 0 Å². The molecule has 1 saturated carbocycles. The lowest BCUT2D eigenvalue weighted by atomic mass is 9.86. The molecule has 2 aromatic rings. The highest BCUT2D eigenvalue weighted by Crippen LogP contribution is 2.26. The van der Waals surface area contributed by atoms with Crippen molar-refractivity contribution < 1.29 is 4.79 Å². The number of amides is 1. The van der Waals surface area contributed by atoms with E-state index in [-0.39, 0.29) is 17.9 Å². The van der Waals surface area contributed by atoms with Crippen LogP contribution in [-0.4, -0.2) is 22.1 Å². The number of fused-ring (bicyclic) bond motifs is 1. The summed E-state index contributed by atoms with van der Waals surface area (Å²) in [5.74, 6) is 0.183. The fourth-order valence-electron chi connectivity index (χ4n) is 2.69. The van der Waals surface area contributed by atoms with Gasteiger partial charge in [-0.3, -0.25) is 9.89 Å². The summed E-state index contributed by atoms with van der Waals surface area (Å²) < 4.78 is 0. The second-order valence-electron chi connectivity index (χ2n) is 5.24. The molecule has 1 aliphatic rings. The fourth-order valence-corrected chi connectivity index (χ4v) is 2.69. The molecule has 1 aromatic heterocycles. The van der Waals surface area contributed by atoms with Crippen LogP contribution in [0.2, 0.25) is 0 Å². The molecule has 19 heavy (non-hydrogen) atoms. The first kappa shape index (κ1) is 12.2. The van der Waals surface area contributed by atoms with Crippen molar-refractivity contribution in [3.05, 3.63) is 24.4 Å². The number of anilines is 1. The van der Waals surface area contributed by atoms with Crippen molar-refractivity contribution in [1.82, 2.24) is 10.2 Å². The molecule has 4 N–H and O–H groups in total. The summed E-state index contributed by atoms with van der Waals surface area (Å²) in [6, 6.07) is 6.02. The molecule has 1 amide bonds. The van der Waals surface area contributed by atoms with Crippen LogP contribution >= 0.6 is 0 Å². The van der Waals surface area contributed by atoms with Crippen molar-refractivity contribution in [2.75, 3.05) is 5.32 Å². The van der Waals surface area contributed by atoms with Gasteiger partial charge in [-0.1, -0.05) is 6.07 Å². The largest absolute Gasteiger partial charge is 0.328 e. The Bertz CT molecular complexity index is 584. The molecular weight excluding hydrogens is 240 g/mol. The van der Waals surface area contributed by atoms with Gasteiger partial charge in [-0.2, -0.15) is 5.10 Å². The first-order valence-electron chi connectivity index (χ1n) is 6.72. The van der Waals surface area contributed by atoms with E-state index in [2.05, 4.69) is 15.5 Å². The summed E-state index contributed by atoms with van der Waals surface area (Å²) in [5, 5.41) is 10.9. The van der Waals surface area contributed by atoms with E-state index in [9.17, 15) is 4.79 Å².